The summed E-state index contributed by atoms with van der Waals surface area (Å²) in [5.41, 5.74) is 2.62. The van der Waals surface area contributed by atoms with Gasteiger partial charge >= 0.3 is 0 Å². The predicted molar refractivity (Wildman–Crippen MR) is 105 cm³/mol. The molecule has 0 aromatic carbocycles. The van der Waals surface area contributed by atoms with E-state index in [1.54, 1.807) is 7.11 Å². The fourth-order valence-electron chi connectivity index (χ4n) is 2.04. The Balaban J connectivity index is 0. The summed E-state index contributed by atoms with van der Waals surface area (Å²) in [6.07, 6.45) is 9.28. The van der Waals surface area contributed by atoms with E-state index in [1.165, 1.54) is 11.1 Å². The third-order valence-corrected chi connectivity index (χ3v) is 4.35. The first kappa shape index (κ1) is 25.6. The topological polar surface area (TPSA) is 49.7 Å². The third kappa shape index (κ3) is 17.7. The maximum atomic E-state index is 9.28. The van der Waals surface area contributed by atoms with Crippen molar-refractivity contribution >= 4 is 0 Å². The van der Waals surface area contributed by atoms with Crippen LogP contribution < -0.4 is 0 Å². The summed E-state index contributed by atoms with van der Waals surface area (Å²) in [6.45, 7) is 14.6. The molecule has 0 spiro atoms. The van der Waals surface area contributed by atoms with Gasteiger partial charge in [-0.3, -0.25) is 0 Å². The van der Waals surface area contributed by atoms with E-state index in [0.717, 1.165) is 32.1 Å². The summed E-state index contributed by atoms with van der Waals surface area (Å²) in [6, 6.07) is 0. The van der Waals surface area contributed by atoms with Gasteiger partial charge in [-0.25, -0.2) is 0 Å². The Labute approximate surface area is 150 Å². The van der Waals surface area contributed by atoms with Crippen molar-refractivity contribution in [3.05, 3.63) is 23.3 Å². The van der Waals surface area contributed by atoms with Crippen molar-refractivity contribution in [3.63, 3.8) is 0 Å². The Hall–Kier alpha value is -0.640. The smallest absolute Gasteiger partial charge is 0.0622 e. The van der Waals surface area contributed by atoms with Crippen LogP contribution in [0.4, 0.5) is 0 Å². The van der Waals surface area contributed by atoms with Gasteiger partial charge in [-0.15, -0.1) is 0 Å². The zero-order chi connectivity index (χ0) is 19.2. The van der Waals surface area contributed by atoms with Crippen molar-refractivity contribution in [1.82, 2.24) is 0 Å². The van der Waals surface area contributed by atoms with Crippen molar-refractivity contribution in [1.29, 1.82) is 0 Å². The fourth-order valence-corrected chi connectivity index (χ4v) is 2.04. The molecule has 0 aliphatic heterocycles. The van der Waals surface area contributed by atoms with E-state index in [-0.39, 0.29) is 18.3 Å². The molecule has 2 atom stereocenters. The highest BCUT2D eigenvalue weighted by molar-refractivity contribution is 5.01. The van der Waals surface area contributed by atoms with Gasteiger partial charge in [-0.05, 0) is 73.1 Å². The van der Waals surface area contributed by atoms with Crippen LogP contribution in [-0.4, -0.2) is 35.6 Å². The SMILES string of the molecule is CC(C)=CCC/C(C)=C\CO.COC(C)(C)CCCC(C)C(C)O. The first-order chi connectivity index (χ1) is 11.1. The molecule has 0 radical (unpaired) electrons. The molecule has 3 nitrogen and oxygen atoms in total. The summed E-state index contributed by atoms with van der Waals surface area (Å²) in [5, 5.41) is 17.8. The van der Waals surface area contributed by atoms with E-state index >= 15 is 0 Å². The van der Waals surface area contributed by atoms with Crippen LogP contribution in [0.5, 0.6) is 0 Å². The van der Waals surface area contributed by atoms with Crippen LogP contribution in [0, 0.1) is 5.92 Å². The first-order valence-corrected chi connectivity index (χ1v) is 9.18. The molecular weight excluding hydrogens is 300 g/mol. The molecule has 144 valence electrons. The van der Waals surface area contributed by atoms with Crippen LogP contribution >= 0.6 is 0 Å². The zero-order valence-electron chi connectivity index (χ0n) is 17.4. The monoisotopic (exact) mass is 342 g/mol. The van der Waals surface area contributed by atoms with Crippen molar-refractivity contribution in [2.75, 3.05) is 13.7 Å². The van der Waals surface area contributed by atoms with Gasteiger partial charge in [0.1, 0.15) is 0 Å². The molecule has 0 aliphatic carbocycles. The minimum Gasteiger partial charge on any atom is -0.393 e. The summed E-state index contributed by atoms with van der Waals surface area (Å²) in [4.78, 5) is 0. The predicted octanol–water partition coefficient (Wildman–Crippen LogP) is 5.27. The molecule has 0 aromatic heterocycles. The van der Waals surface area contributed by atoms with Gasteiger partial charge in [0.2, 0.25) is 0 Å². The quantitative estimate of drug-likeness (QED) is 0.532. The molecule has 24 heavy (non-hydrogen) atoms. The van der Waals surface area contributed by atoms with Gasteiger partial charge in [0.25, 0.3) is 0 Å². The van der Waals surface area contributed by atoms with E-state index in [0.29, 0.717) is 5.92 Å². The van der Waals surface area contributed by atoms with Crippen LogP contribution in [0.15, 0.2) is 23.3 Å². The Bertz CT molecular complexity index is 350. The normalized spacial score (nSPS) is 14.5. The molecule has 2 N–H and O–H groups in total. The van der Waals surface area contributed by atoms with E-state index in [4.69, 9.17) is 9.84 Å². The van der Waals surface area contributed by atoms with Crippen molar-refractivity contribution in [2.24, 2.45) is 5.92 Å². The van der Waals surface area contributed by atoms with E-state index < -0.39 is 0 Å². The van der Waals surface area contributed by atoms with Gasteiger partial charge in [0.05, 0.1) is 18.3 Å². The number of hydrogen-bond donors (Lipinski definition) is 2. The molecule has 0 fully saturated rings. The summed E-state index contributed by atoms with van der Waals surface area (Å²) in [7, 11) is 1.75. The minimum absolute atomic E-state index is 0.0155. The summed E-state index contributed by atoms with van der Waals surface area (Å²) in [5.74, 6) is 0.396. The second-order valence-electron chi connectivity index (χ2n) is 7.63. The highest BCUT2D eigenvalue weighted by Crippen LogP contribution is 2.20. The average molecular weight is 343 g/mol. The molecule has 3 heteroatoms. The van der Waals surface area contributed by atoms with Crippen molar-refractivity contribution in [2.45, 2.75) is 92.3 Å². The Kier molecular flexibility index (Phi) is 15.7. The Morgan fingerprint density at radius 2 is 1.71 bits per heavy atom. The largest absolute Gasteiger partial charge is 0.393 e. The Morgan fingerprint density at radius 3 is 2.12 bits per heavy atom. The number of rotatable bonds is 10. The molecule has 0 bridgehead atoms. The summed E-state index contributed by atoms with van der Waals surface area (Å²) >= 11 is 0. The van der Waals surface area contributed by atoms with Crippen LogP contribution in [0.3, 0.4) is 0 Å². The second kappa shape index (κ2) is 14.7. The lowest BCUT2D eigenvalue weighted by molar-refractivity contribution is 0.0111. The summed E-state index contributed by atoms with van der Waals surface area (Å²) < 4.78 is 5.32. The van der Waals surface area contributed by atoms with E-state index in [2.05, 4.69) is 47.6 Å². The highest BCUT2D eigenvalue weighted by Gasteiger charge is 2.17. The molecule has 0 saturated heterocycles. The fraction of sp³-hybridized carbons (Fsp3) is 0.810. The molecule has 0 saturated carbocycles. The van der Waals surface area contributed by atoms with Crippen LogP contribution in [0.2, 0.25) is 0 Å². The molecule has 0 rings (SSSR count). The maximum absolute atomic E-state index is 9.28. The number of methoxy groups -OCH3 is 1. The van der Waals surface area contributed by atoms with Gasteiger partial charge in [-0.2, -0.15) is 0 Å². The van der Waals surface area contributed by atoms with Crippen LogP contribution in [-0.2, 0) is 4.74 Å². The van der Waals surface area contributed by atoms with Crippen LogP contribution in [0.25, 0.3) is 0 Å². The lowest BCUT2D eigenvalue weighted by Crippen LogP contribution is -2.23. The van der Waals surface area contributed by atoms with E-state index in [1.807, 2.05) is 13.0 Å². The molecule has 0 heterocycles. The molecule has 0 aromatic rings. The van der Waals surface area contributed by atoms with Gasteiger partial charge in [0.15, 0.2) is 0 Å². The third-order valence-electron chi connectivity index (χ3n) is 4.35. The molecule has 2 unspecified atom stereocenters. The molecule has 0 amide bonds. The number of allylic oxidation sites excluding steroid dienone is 3. The average Bonchev–Trinajstić information content (AvgIpc) is 2.47. The number of aliphatic hydroxyl groups excluding tert-OH is 2. The number of ether oxygens (including phenoxy) is 1. The molecule has 0 aliphatic rings. The zero-order valence-corrected chi connectivity index (χ0v) is 17.4. The lowest BCUT2D eigenvalue weighted by Gasteiger charge is -2.23. The van der Waals surface area contributed by atoms with Crippen molar-refractivity contribution < 1.29 is 14.9 Å². The maximum Gasteiger partial charge on any atom is 0.0622 e. The van der Waals surface area contributed by atoms with Gasteiger partial charge in [-0.1, -0.05) is 36.6 Å². The molecular formula is C21H42O3. The first-order valence-electron chi connectivity index (χ1n) is 9.18. The highest BCUT2D eigenvalue weighted by atomic mass is 16.5. The van der Waals surface area contributed by atoms with E-state index in [9.17, 15) is 5.11 Å². The van der Waals surface area contributed by atoms with Crippen molar-refractivity contribution in [3.8, 4) is 0 Å². The lowest BCUT2D eigenvalue weighted by atomic mass is 9.94. The van der Waals surface area contributed by atoms with Gasteiger partial charge < -0.3 is 14.9 Å². The van der Waals surface area contributed by atoms with Crippen LogP contribution in [0.1, 0.15) is 80.6 Å². The minimum atomic E-state index is -0.189. The number of hydrogen-bond acceptors (Lipinski definition) is 3. The number of aliphatic hydroxyl groups is 2. The Morgan fingerprint density at radius 1 is 1.12 bits per heavy atom. The van der Waals surface area contributed by atoms with Gasteiger partial charge in [0, 0.05) is 7.11 Å². The second-order valence-corrected chi connectivity index (χ2v) is 7.63. The standard InChI is InChI=1S/C11H24O2.C10H18O/c1-9(10(2)12)7-6-8-11(3,4)13-5;1-9(2)5-4-6-10(3)7-8-11/h9-10,12H,6-8H2,1-5H3;5,7,11H,4,6,8H2,1-3H3/b;10-7-.